The summed E-state index contributed by atoms with van der Waals surface area (Å²) in [5.74, 6) is -0.658. The zero-order valence-electron chi connectivity index (χ0n) is 18.2. The van der Waals surface area contributed by atoms with Gasteiger partial charge >= 0.3 is 0 Å². The van der Waals surface area contributed by atoms with Crippen LogP contribution in [0.3, 0.4) is 0 Å². The molecule has 2 aromatic rings. The molecule has 1 fully saturated rings. The molecule has 1 aliphatic rings. The van der Waals surface area contributed by atoms with Gasteiger partial charge in [-0.15, -0.1) is 0 Å². The zero-order chi connectivity index (χ0) is 21.7. The summed E-state index contributed by atoms with van der Waals surface area (Å²) in [5.41, 5.74) is 3.12. The third-order valence-electron chi connectivity index (χ3n) is 6.71. The van der Waals surface area contributed by atoms with Crippen molar-refractivity contribution >= 4 is 5.91 Å². The van der Waals surface area contributed by atoms with E-state index in [2.05, 4.69) is 30.0 Å². The Bertz CT molecular complexity index is 865. The van der Waals surface area contributed by atoms with Crippen LogP contribution in [-0.2, 0) is 16.8 Å². The van der Waals surface area contributed by atoms with Gasteiger partial charge in [0.15, 0.2) is 0 Å². The molecule has 1 amide bonds. The maximum absolute atomic E-state index is 14.2. The smallest absolute Gasteiger partial charge is 0.254 e. The van der Waals surface area contributed by atoms with Crippen LogP contribution in [0, 0.1) is 12.7 Å². The van der Waals surface area contributed by atoms with E-state index in [4.69, 9.17) is 0 Å². The number of hydrogen-bond acceptors (Lipinski definition) is 4. The molecule has 1 aliphatic carbocycles. The van der Waals surface area contributed by atoms with Gasteiger partial charge in [0.1, 0.15) is 5.82 Å². The minimum absolute atomic E-state index is 0.140. The van der Waals surface area contributed by atoms with Crippen LogP contribution in [0.5, 0.6) is 0 Å². The number of carbonyl (C=O) groups excluding carboxylic acids is 1. The quantitative estimate of drug-likeness (QED) is 0.482. The second-order valence-electron chi connectivity index (χ2n) is 8.29. The standard InChI is InChI=1S/C23H33FN4O2/c1-4-27(5-2)12-7-13-28-16-19(15-25-28)18-10-11-23(14-18,22(29)26-30)20-8-6-9-21(24)17(20)3/h6,8-9,15-16,18,30H,4-5,7,10-14H2,1-3H3,(H,26,29)/t18?,23-/m0/s1. The summed E-state index contributed by atoms with van der Waals surface area (Å²) in [6.45, 7) is 10.0. The molecule has 1 unspecified atom stereocenters. The van der Waals surface area contributed by atoms with E-state index >= 15 is 0 Å². The highest BCUT2D eigenvalue weighted by molar-refractivity contribution is 5.88. The van der Waals surface area contributed by atoms with Crippen LogP contribution in [0.1, 0.15) is 62.1 Å². The molecule has 1 aromatic heterocycles. The van der Waals surface area contributed by atoms with Gasteiger partial charge in [0.2, 0.25) is 0 Å². The van der Waals surface area contributed by atoms with Gasteiger partial charge in [-0.3, -0.25) is 14.7 Å². The second-order valence-corrected chi connectivity index (χ2v) is 8.29. The number of carbonyl (C=O) groups is 1. The number of hydrogen-bond donors (Lipinski definition) is 2. The summed E-state index contributed by atoms with van der Waals surface area (Å²) in [5, 5.41) is 13.9. The van der Waals surface area contributed by atoms with E-state index in [-0.39, 0.29) is 11.7 Å². The van der Waals surface area contributed by atoms with E-state index in [1.807, 2.05) is 16.4 Å². The fourth-order valence-corrected chi connectivity index (χ4v) is 4.84. The van der Waals surface area contributed by atoms with Crippen molar-refractivity contribution in [1.29, 1.82) is 0 Å². The van der Waals surface area contributed by atoms with Crippen molar-refractivity contribution in [3.05, 3.63) is 53.1 Å². The molecule has 0 bridgehead atoms. The van der Waals surface area contributed by atoms with Crippen LogP contribution < -0.4 is 5.48 Å². The summed E-state index contributed by atoms with van der Waals surface area (Å²) in [7, 11) is 0. The Labute approximate surface area is 178 Å². The predicted octanol–water partition coefficient (Wildman–Crippen LogP) is 3.77. The first-order chi connectivity index (χ1) is 14.4. The molecule has 0 radical (unpaired) electrons. The molecule has 7 heteroatoms. The number of benzene rings is 1. The Morgan fingerprint density at radius 3 is 2.87 bits per heavy atom. The molecule has 1 heterocycles. The van der Waals surface area contributed by atoms with Gasteiger partial charge in [-0.05, 0) is 80.9 Å². The van der Waals surface area contributed by atoms with Gasteiger partial charge in [-0.25, -0.2) is 9.87 Å². The normalized spacial score (nSPS) is 21.3. The van der Waals surface area contributed by atoms with Crippen LogP contribution in [-0.4, -0.2) is 45.4 Å². The van der Waals surface area contributed by atoms with Gasteiger partial charge in [0.05, 0.1) is 11.6 Å². The van der Waals surface area contributed by atoms with Crippen molar-refractivity contribution in [2.45, 2.75) is 64.3 Å². The highest BCUT2D eigenvalue weighted by Gasteiger charge is 2.48. The van der Waals surface area contributed by atoms with Gasteiger partial charge < -0.3 is 4.90 Å². The van der Waals surface area contributed by atoms with E-state index in [0.717, 1.165) is 44.6 Å². The molecule has 1 saturated carbocycles. The number of amides is 1. The highest BCUT2D eigenvalue weighted by atomic mass is 19.1. The van der Waals surface area contributed by atoms with Gasteiger partial charge in [-0.1, -0.05) is 26.0 Å². The maximum atomic E-state index is 14.2. The fraction of sp³-hybridized carbons (Fsp3) is 0.565. The van der Waals surface area contributed by atoms with E-state index in [1.54, 1.807) is 19.1 Å². The molecule has 164 valence electrons. The molecule has 3 rings (SSSR count). The Morgan fingerprint density at radius 1 is 1.40 bits per heavy atom. The zero-order valence-corrected chi connectivity index (χ0v) is 18.2. The number of halogens is 1. The SMILES string of the molecule is CCN(CC)CCCn1cc(C2CC[C@@](C(=O)NO)(c3cccc(F)c3C)C2)cn1. The summed E-state index contributed by atoms with van der Waals surface area (Å²) >= 11 is 0. The molecule has 6 nitrogen and oxygen atoms in total. The molecule has 1 aromatic carbocycles. The number of aromatic nitrogens is 2. The van der Waals surface area contributed by atoms with E-state index in [0.29, 0.717) is 24.0 Å². The van der Waals surface area contributed by atoms with Crippen molar-refractivity contribution < 1.29 is 14.4 Å². The molecule has 30 heavy (non-hydrogen) atoms. The molecule has 0 aliphatic heterocycles. The molecule has 0 saturated heterocycles. The summed E-state index contributed by atoms with van der Waals surface area (Å²) < 4.78 is 16.2. The average molecular weight is 417 g/mol. The third kappa shape index (κ3) is 4.42. The first kappa shape index (κ1) is 22.4. The van der Waals surface area contributed by atoms with Crippen LogP contribution in [0.25, 0.3) is 0 Å². The summed E-state index contributed by atoms with van der Waals surface area (Å²) in [6, 6.07) is 4.83. The monoisotopic (exact) mass is 416 g/mol. The Hall–Kier alpha value is -2.25. The summed E-state index contributed by atoms with van der Waals surface area (Å²) in [6.07, 6.45) is 6.85. The first-order valence-electron chi connectivity index (χ1n) is 10.9. The molecule has 0 spiro atoms. The number of rotatable bonds is 9. The molecule has 2 atom stereocenters. The molecular formula is C23H33FN4O2. The van der Waals surface area contributed by atoms with Gasteiger partial charge in [0, 0.05) is 12.7 Å². The number of nitrogens with zero attached hydrogens (tertiary/aromatic N) is 3. The Balaban J connectivity index is 1.75. The molecule has 2 N–H and O–H groups in total. The Kier molecular flexibility index (Phi) is 7.26. The fourth-order valence-electron chi connectivity index (χ4n) is 4.84. The van der Waals surface area contributed by atoms with Crippen LogP contribution in [0.4, 0.5) is 4.39 Å². The second kappa shape index (κ2) is 9.71. The molecular weight excluding hydrogens is 383 g/mol. The van der Waals surface area contributed by atoms with Crippen molar-refractivity contribution in [1.82, 2.24) is 20.2 Å². The van der Waals surface area contributed by atoms with Crippen molar-refractivity contribution in [3.63, 3.8) is 0 Å². The minimum atomic E-state index is -0.934. The number of hydroxylamine groups is 1. The van der Waals surface area contributed by atoms with Gasteiger partial charge in [0.25, 0.3) is 5.91 Å². The van der Waals surface area contributed by atoms with Gasteiger partial charge in [-0.2, -0.15) is 5.10 Å². The number of nitrogens with one attached hydrogen (secondary N) is 1. The predicted molar refractivity (Wildman–Crippen MR) is 114 cm³/mol. The lowest BCUT2D eigenvalue weighted by Crippen LogP contribution is -2.42. The van der Waals surface area contributed by atoms with Crippen LogP contribution in [0.15, 0.2) is 30.6 Å². The van der Waals surface area contributed by atoms with E-state index in [9.17, 15) is 14.4 Å². The average Bonchev–Trinajstić information content (AvgIpc) is 3.40. The van der Waals surface area contributed by atoms with Crippen LogP contribution in [0.2, 0.25) is 0 Å². The van der Waals surface area contributed by atoms with Crippen molar-refractivity contribution in [2.75, 3.05) is 19.6 Å². The summed E-state index contributed by atoms with van der Waals surface area (Å²) in [4.78, 5) is 15.1. The highest BCUT2D eigenvalue weighted by Crippen LogP contribution is 2.49. The van der Waals surface area contributed by atoms with Crippen LogP contribution >= 0.6 is 0 Å². The first-order valence-corrected chi connectivity index (χ1v) is 10.9. The lowest BCUT2D eigenvalue weighted by atomic mass is 9.75. The lowest BCUT2D eigenvalue weighted by molar-refractivity contribution is -0.135. The van der Waals surface area contributed by atoms with E-state index < -0.39 is 11.3 Å². The van der Waals surface area contributed by atoms with Crippen molar-refractivity contribution in [2.24, 2.45) is 0 Å². The largest absolute Gasteiger partial charge is 0.304 e. The topological polar surface area (TPSA) is 70.4 Å². The minimum Gasteiger partial charge on any atom is -0.304 e. The lowest BCUT2D eigenvalue weighted by Gasteiger charge is -2.29. The van der Waals surface area contributed by atoms with Crippen molar-refractivity contribution in [3.8, 4) is 0 Å². The number of aryl methyl sites for hydroxylation is 1. The third-order valence-corrected chi connectivity index (χ3v) is 6.71. The Morgan fingerprint density at radius 2 is 2.17 bits per heavy atom. The maximum Gasteiger partial charge on any atom is 0.254 e. The van der Waals surface area contributed by atoms with E-state index in [1.165, 1.54) is 6.07 Å².